The van der Waals surface area contributed by atoms with E-state index in [2.05, 4.69) is 51.7 Å². The molecule has 9 heteroatoms. The van der Waals surface area contributed by atoms with Gasteiger partial charge in [-0.05, 0) is 88.5 Å². The molecular weight excluding hydrogens is 564 g/mol. The van der Waals surface area contributed by atoms with E-state index in [4.69, 9.17) is 14.7 Å². The smallest absolute Gasteiger partial charge is 0.337 e. The van der Waals surface area contributed by atoms with Crippen molar-refractivity contribution in [2.45, 2.75) is 92.4 Å². The summed E-state index contributed by atoms with van der Waals surface area (Å²) in [5.41, 5.74) is 7.50. The van der Waals surface area contributed by atoms with Crippen LogP contribution in [0.2, 0.25) is 0 Å². The molecule has 0 spiro atoms. The van der Waals surface area contributed by atoms with Crippen LogP contribution in [0.15, 0.2) is 30.5 Å². The number of fused-ring (bicyclic) bond motifs is 1. The average Bonchev–Trinajstić information content (AvgIpc) is 2.94. The van der Waals surface area contributed by atoms with Gasteiger partial charge >= 0.3 is 5.97 Å². The van der Waals surface area contributed by atoms with Crippen LogP contribution >= 0.6 is 0 Å². The zero-order valence-electron chi connectivity index (χ0n) is 28.0. The van der Waals surface area contributed by atoms with Gasteiger partial charge in [0.15, 0.2) is 6.10 Å². The molecule has 0 aliphatic carbocycles. The van der Waals surface area contributed by atoms with Crippen LogP contribution in [-0.4, -0.2) is 64.4 Å². The fourth-order valence-electron chi connectivity index (χ4n) is 6.85. The number of aromatic nitrogens is 3. The maximum Gasteiger partial charge on any atom is 0.337 e. The fraction of sp³-hybridized carbons (Fsp3) is 0.556. The molecule has 9 nitrogen and oxygen atoms in total. The van der Waals surface area contributed by atoms with E-state index in [-0.39, 0.29) is 5.41 Å². The van der Waals surface area contributed by atoms with Crippen LogP contribution in [0.3, 0.4) is 0 Å². The summed E-state index contributed by atoms with van der Waals surface area (Å²) in [4.78, 5) is 34.3. The number of carbonyl (C=O) groups is 1. The monoisotopic (exact) mass is 612 g/mol. The molecule has 2 aromatic heterocycles. The number of rotatable bonds is 7. The van der Waals surface area contributed by atoms with Crippen molar-refractivity contribution in [1.82, 2.24) is 15.0 Å². The molecule has 2 saturated heterocycles. The summed E-state index contributed by atoms with van der Waals surface area (Å²) in [6, 6.07) is 8.70. The van der Waals surface area contributed by atoms with Crippen molar-refractivity contribution in [2.75, 3.05) is 47.4 Å². The third-order valence-corrected chi connectivity index (χ3v) is 9.57. The van der Waals surface area contributed by atoms with Crippen molar-refractivity contribution in [3.63, 3.8) is 0 Å². The van der Waals surface area contributed by atoms with Gasteiger partial charge in [0, 0.05) is 68.0 Å². The summed E-state index contributed by atoms with van der Waals surface area (Å²) in [6.07, 6.45) is 4.91. The highest BCUT2D eigenvalue weighted by atomic mass is 16.5. The second kappa shape index (κ2) is 11.9. The van der Waals surface area contributed by atoms with E-state index < -0.39 is 17.7 Å². The largest absolute Gasteiger partial charge is 0.479 e. The molecule has 0 amide bonds. The Balaban J connectivity index is 1.40. The van der Waals surface area contributed by atoms with E-state index in [1.165, 1.54) is 17.5 Å². The Morgan fingerprint density at radius 3 is 2.31 bits per heavy atom. The third-order valence-electron chi connectivity index (χ3n) is 9.57. The lowest BCUT2D eigenvalue weighted by Gasteiger charge is -2.41. The number of carboxylic acid groups (broad SMARTS) is 1. The topological polar surface area (TPSA) is 94.9 Å². The highest BCUT2D eigenvalue weighted by Gasteiger charge is 2.36. The number of piperidine rings is 1. The first-order valence-electron chi connectivity index (χ1n) is 16.4. The number of hydrogen-bond acceptors (Lipinski definition) is 8. The van der Waals surface area contributed by atoms with Crippen LogP contribution in [0.5, 0.6) is 0 Å². The molecule has 1 atom stereocenters. The number of pyridine rings is 1. The quantitative estimate of drug-likeness (QED) is 0.321. The maximum atomic E-state index is 12.8. The predicted octanol–water partition coefficient (Wildman–Crippen LogP) is 6.50. The minimum Gasteiger partial charge on any atom is -0.479 e. The Morgan fingerprint density at radius 1 is 0.933 bits per heavy atom. The molecular formula is C36H48N6O3. The van der Waals surface area contributed by atoms with Crippen molar-refractivity contribution in [3.8, 4) is 11.1 Å². The summed E-state index contributed by atoms with van der Waals surface area (Å²) in [5.74, 6) is 0.801. The van der Waals surface area contributed by atoms with Gasteiger partial charge in [0.25, 0.3) is 0 Å². The molecule has 3 aliphatic heterocycles. The molecule has 6 rings (SSSR count). The fourth-order valence-corrected chi connectivity index (χ4v) is 6.85. The van der Waals surface area contributed by atoms with Gasteiger partial charge in [-0.1, -0.05) is 32.0 Å². The number of benzene rings is 1. The molecule has 0 bridgehead atoms. The van der Waals surface area contributed by atoms with E-state index in [1.807, 2.05) is 46.9 Å². The first-order valence-corrected chi connectivity index (χ1v) is 16.4. The molecule has 1 aromatic carbocycles. The van der Waals surface area contributed by atoms with Crippen molar-refractivity contribution in [1.29, 1.82) is 0 Å². The number of carboxylic acids is 1. The van der Waals surface area contributed by atoms with Gasteiger partial charge < -0.3 is 24.5 Å². The Morgan fingerprint density at radius 2 is 1.67 bits per heavy atom. The lowest BCUT2D eigenvalue weighted by atomic mass is 9.81. The first-order chi connectivity index (χ1) is 21.3. The minimum absolute atomic E-state index is 0.248. The van der Waals surface area contributed by atoms with Gasteiger partial charge in [-0.15, -0.1) is 0 Å². The highest BCUT2D eigenvalue weighted by molar-refractivity contribution is 5.88. The number of nitrogens with zero attached hydrogens (tertiary/aromatic N) is 6. The molecule has 3 aromatic rings. The van der Waals surface area contributed by atoms with Crippen molar-refractivity contribution in [2.24, 2.45) is 5.41 Å². The standard InChI is InChI=1S/C36H48N6O3/c1-23-29(26-9-10-27-22-42(18-12-25(27)21-26)34-37-15-11-28(39-34)40-16-8-17-40)31(41-19-13-36(6,7)14-20-41)30(24(2)38-23)32(33(43)44)45-35(3,4)5/h9-11,15,21,32H,8,12-14,16-20,22H2,1-7H3,(H,43,44)/t32-/m0/s1. The predicted molar refractivity (Wildman–Crippen MR) is 179 cm³/mol. The molecule has 240 valence electrons. The Labute approximate surface area is 267 Å². The van der Waals surface area contributed by atoms with Crippen LogP contribution < -0.4 is 14.7 Å². The van der Waals surface area contributed by atoms with Crippen LogP contribution in [-0.2, 0) is 22.5 Å². The van der Waals surface area contributed by atoms with Crippen LogP contribution in [0, 0.1) is 19.3 Å². The molecule has 45 heavy (non-hydrogen) atoms. The van der Waals surface area contributed by atoms with E-state index in [0.29, 0.717) is 11.3 Å². The van der Waals surface area contributed by atoms with Gasteiger partial charge in [0.1, 0.15) is 5.82 Å². The van der Waals surface area contributed by atoms with E-state index in [9.17, 15) is 9.90 Å². The van der Waals surface area contributed by atoms with Gasteiger partial charge in [-0.25, -0.2) is 9.78 Å². The third kappa shape index (κ3) is 6.50. The lowest BCUT2D eigenvalue weighted by molar-refractivity contribution is -0.160. The van der Waals surface area contributed by atoms with Gasteiger partial charge in [-0.2, -0.15) is 4.98 Å². The number of aryl methyl sites for hydroxylation is 2. The Kier molecular flexibility index (Phi) is 8.27. The number of ether oxygens (including phenoxy) is 1. The summed E-state index contributed by atoms with van der Waals surface area (Å²) >= 11 is 0. The number of hydrogen-bond donors (Lipinski definition) is 1. The van der Waals surface area contributed by atoms with Crippen LogP contribution in [0.25, 0.3) is 11.1 Å². The molecule has 0 radical (unpaired) electrons. The normalized spacial score (nSPS) is 18.8. The molecule has 2 fully saturated rings. The van der Waals surface area contributed by atoms with Crippen LogP contribution in [0.1, 0.15) is 88.1 Å². The first kappa shape index (κ1) is 31.3. The summed E-state index contributed by atoms with van der Waals surface area (Å²) in [7, 11) is 0. The molecule has 0 unspecified atom stereocenters. The van der Waals surface area contributed by atoms with Gasteiger partial charge in [0.05, 0.1) is 11.3 Å². The molecule has 5 heterocycles. The zero-order chi connectivity index (χ0) is 32.1. The summed E-state index contributed by atoms with van der Waals surface area (Å²) < 4.78 is 6.26. The van der Waals surface area contributed by atoms with Crippen molar-refractivity contribution in [3.05, 3.63) is 58.5 Å². The Bertz CT molecular complexity index is 1580. The molecule has 0 saturated carbocycles. The second-order valence-electron chi connectivity index (χ2n) is 14.7. The SMILES string of the molecule is Cc1nc(C)c([C@H](OC(C)(C)C)C(=O)O)c(N2CCC(C)(C)CC2)c1-c1ccc2c(c1)CCN(c1nccc(N3CCC3)n1)C2. The van der Waals surface area contributed by atoms with Crippen LogP contribution in [0.4, 0.5) is 17.5 Å². The number of aliphatic carboxylic acids is 1. The second-order valence-corrected chi connectivity index (χ2v) is 14.7. The number of anilines is 3. The molecule has 1 N–H and O–H groups in total. The van der Waals surface area contributed by atoms with Gasteiger partial charge in [0.2, 0.25) is 5.95 Å². The van der Waals surface area contributed by atoms with E-state index in [0.717, 1.165) is 92.8 Å². The summed E-state index contributed by atoms with van der Waals surface area (Å²) in [5, 5.41) is 10.5. The van der Waals surface area contributed by atoms with Gasteiger partial charge in [-0.3, -0.25) is 4.98 Å². The molecule has 3 aliphatic rings. The average molecular weight is 613 g/mol. The summed E-state index contributed by atoms with van der Waals surface area (Å²) in [6.45, 7) is 19.7. The highest BCUT2D eigenvalue weighted by Crippen LogP contribution is 2.45. The van der Waals surface area contributed by atoms with E-state index >= 15 is 0 Å². The maximum absolute atomic E-state index is 12.8. The Hall–Kier alpha value is -3.72. The van der Waals surface area contributed by atoms with Crippen molar-refractivity contribution >= 4 is 23.4 Å². The van der Waals surface area contributed by atoms with E-state index in [1.54, 1.807) is 0 Å². The minimum atomic E-state index is -1.13. The zero-order valence-corrected chi connectivity index (χ0v) is 28.0. The lowest BCUT2D eigenvalue weighted by Crippen LogP contribution is -2.39. The van der Waals surface area contributed by atoms with Crippen molar-refractivity contribution < 1.29 is 14.6 Å².